The van der Waals surface area contributed by atoms with Crippen LogP contribution in [0, 0.1) is 0 Å². The number of hydrogen-bond acceptors (Lipinski definition) is 7. The lowest BCUT2D eigenvalue weighted by Gasteiger charge is -2.11. The fourth-order valence-corrected chi connectivity index (χ4v) is 3.19. The zero-order valence-electron chi connectivity index (χ0n) is 19.2. The number of amides is 2. The van der Waals surface area contributed by atoms with Crippen LogP contribution in [0.15, 0.2) is 65.8 Å². The molecule has 0 spiro atoms. The first-order valence-corrected chi connectivity index (χ1v) is 11.3. The fourth-order valence-electron chi connectivity index (χ4n) is 2.84. The summed E-state index contributed by atoms with van der Waals surface area (Å²) in [5.74, 6) is -1.45. The molecule has 36 heavy (non-hydrogen) atoms. The fraction of sp³-hybridized carbons (Fsp3) is 0.120. The summed E-state index contributed by atoms with van der Waals surface area (Å²) in [5, 5.41) is 6.48. The molecule has 0 unspecified atom stereocenters. The van der Waals surface area contributed by atoms with Gasteiger partial charge in [0.1, 0.15) is 5.75 Å². The van der Waals surface area contributed by atoms with Gasteiger partial charge in [0.2, 0.25) is 0 Å². The van der Waals surface area contributed by atoms with Crippen LogP contribution in [0.2, 0.25) is 10.0 Å². The Morgan fingerprint density at radius 1 is 0.972 bits per heavy atom. The molecule has 9 nitrogen and oxygen atoms in total. The second kappa shape index (κ2) is 12.6. The number of nitrogens with one attached hydrogen (secondary N) is 2. The van der Waals surface area contributed by atoms with E-state index >= 15 is 0 Å². The maximum atomic E-state index is 12.5. The first-order valence-electron chi connectivity index (χ1n) is 10.5. The van der Waals surface area contributed by atoms with Gasteiger partial charge in [-0.05, 0) is 67.1 Å². The van der Waals surface area contributed by atoms with E-state index in [0.29, 0.717) is 29.2 Å². The van der Waals surface area contributed by atoms with Crippen molar-refractivity contribution in [3.8, 4) is 17.2 Å². The number of carbonyl (C=O) groups is 3. The number of anilines is 1. The molecular formula is C25H21Cl2N3O6. The third-order valence-corrected chi connectivity index (χ3v) is 5.40. The number of ether oxygens (including phenoxy) is 3. The Hall–Kier alpha value is -4.08. The van der Waals surface area contributed by atoms with Gasteiger partial charge in [0.15, 0.2) is 11.5 Å². The Balaban J connectivity index is 1.64. The van der Waals surface area contributed by atoms with Crippen LogP contribution in [-0.2, 0) is 9.59 Å². The Bertz CT molecular complexity index is 1300. The Morgan fingerprint density at radius 3 is 2.42 bits per heavy atom. The Morgan fingerprint density at radius 2 is 1.72 bits per heavy atom. The molecule has 0 bridgehead atoms. The maximum Gasteiger partial charge on any atom is 0.343 e. The molecule has 3 aromatic rings. The molecule has 3 rings (SSSR count). The van der Waals surface area contributed by atoms with Crippen LogP contribution in [-0.4, -0.2) is 37.7 Å². The van der Waals surface area contributed by atoms with Gasteiger partial charge in [-0.25, -0.2) is 10.2 Å². The van der Waals surface area contributed by atoms with Crippen LogP contribution in [0.3, 0.4) is 0 Å². The van der Waals surface area contributed by atoms with Gasteiger partial charge in [0.25, 0.3) is 0 Å². The molecule has 0 heterocycles. The van der Waals surface area contributed by atoms with Crippen molar-refractivity contribution in [3.63, 3.8) is 0 Å². The molecule has 0 aliphatic heterocycles. The van der Waals surface area contributed by atoms with E-state index in [-0.39, 0.29) is 21.5 Å². The van der Waals surface area contributed by atoms with E-state index < -0.39 is 17.8 Å². The molecule has 0 fully saturated rings. The maximum absolute atomic E-state index is 12.5. The number of methoxy groups -OCH3 is 1. The van der Waals surface area contributed by atoms with Gasteiger partial charge in [0, 0.05) is 0 Å². The number of esters is 1. The molecule has 0 radical (unpaired) electrons. The predicted octanol–water partition coefficient (Wildman–Crippen LogP) is 4.71. The molecule has 3 aromatic carbocycles. The molecule has 0 aromatic heterocycles. The van der Waals surface area contributed by atoms with Crippen molar-refractivity contribution in [1.82, 2.24) is 5.43 Å². The molecule has 11 heteroatoms. The monoisotopic (exact) mass is 529 g/mol. The zero-order chi connectivity index (χ0) is 26.1. The average Bonchev–Trinajstić information content (AvgIpc) is 2.88. The summed E-state index contributed by atoms with van der Waals surface area (Å²) in [4.78, 5) is 36.6. The van der Waals surface area contributed by atoms with E-state index in [1.165, 1.54) is 25.5 Å². The lowest BCUT2D eigenvalue weighted by atomic mass is 10.2. The first-order chi connectivity index (χ1) is 17.3. The van der Waals surface area contributed by atoms with E-state index in [2.05, 4.69) is 15.8 Å². The minimum atomic E-state index is -1.02. The smallest absolute Gasteiger partial charge is 0.343 e. The van der Waals surface area contributed by atoms with Gasteiger partial charge in [-0.15, -0.1) is 0 Å². The predicted molar refractivity (Wildman–Crippen MR) is 136 cm³/mol. The molecule has 0 aliphatic rings. The number of carbonyl (C=O) groups excluding carboxylic acids is 3. The van der Waals surface area contributed by atoms with Gasteiger partial charge >= 0.3 is 17.8 Å². The van der Waals surface area contributed by atoms with Crippen LogP contribution in [0.5, 0.6) is 17.2 Å². The molecule has 0 saturated carbocycles. The minimum Gasteiger partial charge on any atom is -0.497 e. The lowest BCUT2D eigenvalue weighted by molar-refractivity contribution is -0.136. The zero-order valence-corrected chi connectivity index (χ0v) is 20.7. The lowest BCUT2D eigenvalue weighted by Crippen LogP contribution is -2.32. The van der Waals surface area contributed by atoms with Crippen molar-refractivity contribution in [3.05, 3.63) is 81.8 Å². The quantitative estimate of drug-likeness (QED) is 0.143. The van der Waals surface area contributed by atoms with Crippen LogP contribution < -0.4 is 25.0 Å². The summed E-state index contributed by atoms with van der Waals surface area (Å²) < 4.78 is 16.1. The van der Waals surface area contributed by atoms with Gasteiger partial charge < -0.3 is 19.5 Å². The second-order valence-corrected chi connectivity index (χ2v) is 7.80. The van der Waals surface area contributed by atoms with E-state index in [0.717, 1.165) is 0 Å². The first kappa shape index (κ1) is 26.5. The topological polar surface area (TPSA) is 115 Å². The molecule has 186 valence electrons. The van der Waals surface area contributed by atoms with Crippen LogP contribution >= 0.6 is 23.2 Å². The number of halogens is 2. The highest BCUT2D eigenvalue weighted by molar-refractivity contribution is 6.45. The van der Waals surface area contributed by atoms with E-state index in [1.54, 1.807) is 55.5 Å². The van der Waals surface area contributed by atoms with E-state index in [4.69, 9.17) is 37.4 Å². The minimum absolute atomic E-state index is 0.111. The van der Waals surface area contributed by atoms with Gasteiger partial charge in [-0.1, -0.05) is 29.3 Å². The highest BCUT2D eigenvalue weighted by atomic mass is 35.5. The Labute approximate surface area is 216 Å². The van der Waals surface area contributed by atoms with E-state index in [1.807, 2.05) is 0 Å². The number of hydrogen-bond donors (Lipinski definition) is 2. The molecular weight excluding hydrogens is 509 g/mol. The van der Waals surface area contributed by atoms with Crippen molar-refractivity contribution in [2.24, 2.45) is 5.10 Å². The van der Waals surface area contributed by atoms with Crippen molar-refractivity contribution in [2.45, 2.75) is 6.92 Å². The summed E-state index contributed by atoms with van der Waals surface area (Å²) >= 11 is 11.9. The van der Waals surface area contributed by atoms with E-state index in [9.17, 15) is 14.4 Å². The number of nitrogens with zero attached hydrogens (tertiary/aromatic N) is 1. The SMILES string of the molecule is CCOc1cc(C=NNC(=O)C(=O)Nc2cccc(Cl)c2Cl)ccc1OC(=O)c1ccc(OC)cc1. The molecule has 0 saturated heterocycles. The number of rotatable bonds is 8. The number of benzene rings is 3. The highest BCUT2D eigenvalue weighted by Gasteiger charge is 2.16. The second-order valence-electron chi connectivity index (χ2n) is 7.01. The van der Waals surface area contributed by atoms with Gasteiger partial charge in [-0.2, -0.15) is 5.10 Å². The third kappa shape index (κ3) is 6.97. The van der Waals surface area contributed by atoms with Crippen molar-refractivity contribution in [2.75, 3.05) is 19.0 Å². The van der Waals surface area contributed by atoms with Gasteiger partial charge in [0.05, 0.1) is 41.2 Å². The van der Waals surface area contributed by atoms with Crippen LogP contribution in [0.25, 0.3) is 0 Å². The highest BCUT2D eigenvalue weighted by Crippen LogP contribution is 2.30. The molecule has 0 aliphatic carbocycles. The summed E-state index contributed by atoms with van der Waals surface area (Å²) in [6.07, 6.45) is 1.30. The molecule has 2 N–H and O–H groups in total. The number of hydrazone groups is 1. The molecule has 2 amide bonds. The van der Waals surface area contributed by atoms with Crippen LogP contribution in [0.4, 0.5) is 5.69 Å². The largest absolute Gasteiger partial charge is 0.497 e. The van der Waals surface area contributed by atoms with Crippen molar-refractivity contribution < 1.29 is 28.6 Å². The van der Waals surface area contributed by atoms with Crippen molar-refractivity contribution in [1.29, 1.82) is 0 Å². The normalized spacial score (nSPS) is 10.6. The standard InChI is InChI=1S/C25H21Cl2N3O6/c1-3-35-21-13-15(7-12-20(21)36-25(33)16-8-10-17(34-2)11-9-16)14-28-30-24(32)23(31)29-19-6-4-5-18(26)22(19)27/h4-14H,3H2,1-2H3,(H,29,31)(H,30,32). The van der Waals surface area contributed by atoms with Crippen LogP contribution in [0.1, 0.15) is 22.8 Å². The summed E-state index contributed by atoms with van der Waals surface area (Å²) in [7, 11) is 1.53. The Kier molecular flexibility index (Phi) is 9.26. The van der Waals surface area contributed by atoms with Crippen molar-refractivity contribution >= 4 is 52.9 Å². The van der Waals surface area contributed by atoms with Gasteiger partial charge in [-0.3, -0.25) is 9.59 Å². The summed E-state index contributed by atoms with van der Waals surface area (Å²) in [6, 6.07) is 15.8. The summed E-state index contributed by atoms with van der Waals surface area (Å²) in [5.41, 5.74) is 3.16. The molecule has 0 atom stereocenters. The third-order valence-electron chi connectivity index (χ3n) is 4.58. The summed E-state index contributed by atoms with van der Waals surface area (Å²) in [6.45, 7) is 2.09. The average molecular weight is 530 g/mol.